The summed E-state index contributed by atoms with van der Waals surface area (Å²) in [7, 11) is 0. The first kappa shape index (κ1) is 7.28. The van der Waals surface area contributed by atoms with Crippen molar-refractivity contribution >= 4 is 0 Å². The number of aliphatic hydroxyl groups excluding tert-OH is 2. The highest BCUT2D eigenvalue weighted by Crippen LogP contribution is 2.38. The fourth-order valence-corrected chi connectivity index (χ4v) is 1.94. The largest absolute Gasteiger partial charge is 0.396 e. The van der Waals surface area contributed by atoms with Crippen molar-refractivity contribution in [1.29, 1.82) is 0 Å². The third kappa shape index (κ3) is 0.922. The zero-order valence-corrected chi connectivity index (χ0v) is 6.18. The molecular formula is C8H12O3. The van der Waals surface area contributed by atoms with Crippen LogP contribution in [0.4, 0.5) is 0 Å². The van der Waals surface area contributed by atoms with Crippen LogP contribution >= 0.6 is 0 Å². The number of fused-ring (bicyclic) bond motifs is 2. The van der Waals surface area contributed by atoms with Crippen LogP contribution in [0.2, 0.25) is 0 Å². The van der Waals surface area contributed by atoms with Crippen LogP contribution in [-0.2, 0) is 4.74 Å². The Kier molecular flexibility index (Phi) is 1.71. The molecule has 2 aliphatic heterocycles. The molecule has 1 fully saturated rings. The van der Waals surface area contributed by atoms with E-state index in [-0.39, 0.29) is 37.3 Å². The van der Waals surface area contributed by atoms with E-state index in [0.717, 1.165) is 0 Å². The van der Waals surface area contributed by atoms with Crippen molar-refractivity contribution in [3.05, 3.63) is 12.2 Å². The number of aliphatic hydroxyl groups is 2. The SMILES string of the molecule is OCC1C2C=CC(O2)[C@H]1CO. The van der Waals surface area contributed by atoms with E-state index in [1.165, 1.54) is 0 Å². The lowest BCUT2D eigenvalue weighted by Gasteiger charge is -2.20. The maximum Gasteiger partial charge on any atom is 0.0819 e. The fourth-order valence-electron chi connectivity index (χ4n) is 1.94. The van der Waals surface area contributed by atoms with Gasteiger partial charge in [0.25, 0.3) is 0 Å². The lowest BCUT2D eigenvalue weighted by Crippen LogP contribution is -2.29. The van der Waals surface area contributed by atoms with E-state index in [2.05, 4.69) is 0 Å². The molecule has 3 unspecified atom stereocenters. The van der Waals surface area contributed by atoms with Crippen molar-refractivity contribution < 1.29 is 14.9 Å². The first-order valence-corrected chi connectivity index (χ1v) is 3.92. The van der Waals surface area contributed by atoms with E-state index in [0.29, 0.717) is 0 Å². The molecule has 0 amide bonds. The third-order valence-electron chi connectivity index (χ3n) is 2.62. The Labute approximate surface area is 65.3 Å². The van der Waals surface area contributed by atoms with Gasteiger partial charge >= 0.3 is 0 Å². The second kappa shape index (κ2) is 2.59. The minimum absolute atomic E-state index is 0.0437. The van der Waals surface area contributed by atoms with Gasteiger partial charge in [0.2, 0.25) is 0 Å². The summed E-state index contributed by atoms with van der Waals surface area (Å²) in [6.07, 6.45) is 4.03. The van der Waals surface area contributed by atoms with E-state index in [1.807, 2.05) is 12.2 Å². The minimum atomic E-state index is 0.0437. The molecule has 0 aromatic heterocycles. The van der Waals surface area contributed by atoms with Crippen molar-refractivity contribution in [3.8, 4) is 0 Å². The molecule has 2 N–H and O–H groups in total. The molecule has 2 aliphatic rings. The van der Waals surface area contributed by atoms with Gasteiger partial charge < -0.3 is 14.9 Å². The minimum Gasteiger partial charge on any atom is -0.396 e. The van der Waals surface area contributed by atoms with Gasteiger partial charge in [0.1, 0.15) is 0 Å². The lowest BCUT2D eigenvalue weighted by atomic mass is 9.84. The summed E-state index contributed by atoms with van der Waals surface area (Å²) in [5, 5.41) is 17.9. The van der Waals surface area contributed by atoms with E-state index in [9.17, 15) is 0 Å². The molecule has 4 atom stereocenters. The molecule has 0 aliphatic carbocycles. The summed E-state index contributed by atoms with van der Waals surface area (Å²) in [6, 6.07) is 0. The Morgan fingerprint density at radius 2 is 1.45 bits per heavy atom. The molecule has 3 nitrogen and oxygen atoms in total. The average molecular weight is 156 g/mol. The Morgan fingerprint density at radius 1 is 1.00 bits per heavy atom. The highest BCUT2D eigenvalue weighted by molar-refractivity contribution is 5.14. The smallest absolute Gasteiger partial charge is 0.0819 e. The van der Waals surface area contributed by atoms with Crippen molar-refractivity contribution in [3.63, 3.8) is 0 Å². The Morgan fingerprint density at radius 3 is 1.82 bits per heavy atom. The summed E-state index contributed by atoms with van der Waals surface area (Å²) in [5.74, 6) is 0.213. The van der Waals surface area contributed by atoms with Crippen molar-refractivity contribution in [2.75, 3.05) is 13.2 Å². The molecule has 3 heteroatoms. The average Bonchev–Trinajstić information content (AvgIpc) is 2.60. The lowest BCUT2D eigenvalue weighted by molar-refractivity contribution is 0.0910. The molecule has 0 radical (unpaired) electrons. The van der Waals surface area contributed by atoms with Gasteiger partial charge in [0.05, 0.1) is 12.2 Å². The van der Waals surface area contributed by atoms with E-state index in [1.54, 1.807) is 0 Å². The first-order valence-electron chi connectivity index (χ1n) is 3.92. The van der Waals surface area contributed by atoms with Crippen molar-refractivity contribution in [1.82, 2.24) is 0 Å². The molecule has 0 spiro atoms. The van der Waals surface area contributed by atoms with Gasteiger partial charge in [-0.25, -0.2) is 0 Å². The van der Waals surface area contributed by atoms with Crippen LogP contribution in [-0.4, -0.2) is 35.6 Å². The normalized spacial score (nSPS) is 47.1. The van der Waals surface area contributed by atoms with Gasteiger partial charge in [0, 0.05) is 25.0 Å². The zero-order valence-electron chi connectivity index (χ0n) is 6.18. The van der Waals surface area contributed by atoms with Gasteiger partial charge in [-0.05, 0) is 0 Å². The van der Waals surface area contributed by atoms with Gasteiger partial charge in [-0.2, -0.15) is 0 Å². The quantitative estimate of drug-likeness (QED) is 0.532. The summed E-state index contributed by atoms with van der Waals surface area (Å²) in [4.78, 5) is 0. The number of hydrogen-bond acceptors (Lipinski definition) is 3. The zero-order chi connectivity index (χ0) is 7.84. The first-order chi connectivity index (χ1) is 5.36. The second-order valence-corrected chi connectivity index (χ2v) is 3.14. The molecule has 2 heterocycles. The van der Waals surface area contributed by atoms with Gasteiger partial charge in [-0.1, -0.05) is 12.2 Å². The summed E-state index contributed by atoms with van der Waals surface area (Å²) in [6.45, 7) is 0.216. The Hall–Kier alpha value is -0.380. The predicted molar refractivity (Wildman–Crippen MR) is 39.0 cm³/mol. The van der Waals surface area contributed by atoms with Gasteiger partial charge in [-0.15, -0.1) is 0 Å². The molecule has 1 saturated heterocycles. The van der Waals surface area contributed by atoms with Gasteiger partial charge in [0.15, 0.2) is 0 Å². The number of ether oxygens (including phenoxy) is 1. The van der Waals surface area contributed by atoms with E-state index in [4.69, 9.17) is 14.9 Å². The molecule has 2 bridgehead atoms. The fraction of sp³-hybridized carbons (Fsp3) is 0.750. The highest BCUT2D eigenvalue weighted by Gasteiger charge is 2.44. The topological polar surface area (TPSA) is 49.7 Å². The van der Waals surface area contributed by atoms with Gasteiger partial charge in [-0.3, -0.25) is 0 Å². The molecule has 11 heavy (non-hydrogen) atoms. The Balaban J connectivity index is 2.15. The maximum atomic E-state index is 8.96. The third-order valence-corrected chi connectivity index (χ3v) is 2.62. The standard InChI is InChI=1S/C8H12O3/c9-3-5-6(4-10)8-2-1-7(5)11-8/h1-2,5-10H,3-4H2/t5-,6?,7?,8?/m0/s1. The molecule has 62 valence electrons. The highest BCUT2D eigenvalue weighted by atomic mass is 16.5. The molecule has 0 aromatic carbocycles. The Bertz CT molecular complexity index is 160. The van der Waals surface area contributed by atoms with E-state index < -0.39 is 0 Å². The number of rotatable bonds is 2. The summed E-state index contributed by atoms with van der Waals surface area (Å²) in [5.41, 5.74) is 0. The van der Waals surface area contributed by atoms with E-state index >= 15 is 0 Å². The monoisotopic (exact) mass is 156 g/mol. The van der Waals surface area contributed by atoms with Crippen LogP contribution in [0.25, 0.3) is 0 Å². The van der Waals surface area contributed by atoms with Crippen LogP contribution in [0, 0.1) is 11.8 Å². The molecule has 0 saturated carbocycles. The summed E-state index contributed by atoms with van der Waals surface area (Å²) >= 11 is 0. The number of hydrogen-bond donors (Lipinski definition) is 2. The van der Waals surface area contributed by atoms with Crippen LogP contribution in [0.5, 0.6) is 0 Å². The molecule has 0 aromatic rings. The maximum absolute atomic E-state index is 8.96. The van der Waals surface area contributed by atoms with Crippen molar-refractivity contribution in [2.24, 2.45) is 11.8 Å². The molecular weight excluding hydrogens is 144 g/mol. The van der Waals surface area contributed by atoms with Crippen LogP contribution < -0.4 is 0 Å². The van der Waals surface area contributed by atoms with Crippen molar-refractivity contribution in [2.45, 2.75) is 12.2 Å². The van der Waals surface area contributed by atoms with Crippen LogP contribution in [0.3, 0.4) is 0 Å². The van der Waals surface area contributed by atoms with Crippen LogP contribution in [0.1, 0.15) is 0 Å². The van der Waals surface area contributed by atoms with Crippen LogP contribution in [0.15, 0.2) is 12.2 Å². The second-order valence-electron chi connectivity index (χ2n) is 3.14. The predicted octanol–water partition coefficient (Wildman–Crippen LogP) is -0.459. The summed E-state index contributed by atoms with van der Waals surface area (Å²) < 4.78 is 5.45. The molecule has 2 rings (SSSR count).